The smallest absolute Gasteiger partial charge is 0.134 e. The Labute approximate surface area is 263 Å². The van der Waals surface area contributed by atoms with Gasteiger partial charge in [0.15, 0.2) is 0 Å². The molecule has 7 aromatic rings. The molecular weight excluding hydrogens is 546 g/mol. The summed E-state index contributed by atoms with van der Waals surface area (Å²) >= 11 is 0. The number of para-hydroxylation sites is 2. The Balaban J connectivity index is 1.32. The van der Waals surface area contributed by atoms with Crippen LogP contribution >= 0.6 is 0 Å². The fraction of sp³-hybridized carbons (Fsp3) is 0.0233. The minimum atomic E-state index is -0.524. The van der Waals surface area contributed by atoms with Crippen molar-refractivity contribution in [3.63, 3.8) is 0 Å². The lowest BCUT2D eigenvalue weighted by Crippen LogP contribution is -2.32. The molecule has 0 bridgehead atoms. The molecule has 2 heteroatoms. The first-order valence-electron chi connectivity index (χ1n) is 15.4. The van der Waals surface area contributed by atoms with Gasteiger partial charge in [0.2, 0.25) is 0 Å². The largest absolute Gasteiger partial charge is 0.457 e. The minimum absolute atomic E-state index is 0.524. The van der Waals surface area contributed by atoms with Crippen molar-refractivity contribution in [1.82, 2.24) is 0 Å². The van der Waals surface area contributed by atoms with Crippen LogP contribution in [0.3, 0.4) is 0 Å². The number of fused-ring (bicyclic) bond motifs is 9. The number of nitrogens with zero attached hydrogens (tertiary/aromatic N) is 1. The van der Waals surface area contributed by atoms with Crippen LogP contribution in [0.4, 0.5) is 17.1 Å². The Bertz CT molecular complexity index is 2100. The third kappa shape index (κ3) is 3.82. The fourth-order valence-corrected chi connectivity index (χ4v) is 7.45. The SMILES string of the molecule is c1ccc(-c2ccc3c(c2)C2(c4ccc(N(c5ccccc5)c5ccccc5)cc4O3)c3ccccc3-c3ccccc32)cc1. The molecule has 2 aliphatic rings. The predicted molar refractivity (Wildman–Crippen MR) is 184 cm³/mol. The lowest BCUT2D eigenvalue weighted by Gasteiger charge is -2.40. The molecule has 0 fully saturated rings. The minimum Gasteiger partial charge on any atom is -0.457 e. The van der Waals surface area contributed by atoms with Crippen LogP contribution in [0.2, 0.25) is 0 Å². The summed E-state index contributed by atoms with van der Waals surface area (Å²) in [6.07, 6.45) is 0. The Hall–Kier alpha value is -5.86. The van der Waals surface area contributed by atoms with E-state index in [2.05, 4.69) is 181 Å². The Morgan fingerprint density at radius 2 is 0.911 bits per heavy atom. The second-order valence-electron chi connectivity index (χ2n) is 11.7. The number of rotatable bonds is 4. The van der Waals surface area contributed by atoms with E-state index in [1.54, 1.807) is 0 Å². The second kappa shape index (κ2) is 10.1. The first-order chi connectivity index (χ1) is 22.3. The highest BCUT2D eigenvalue weighted by Crippen LogP contribution is 2.62. The predicted octanol–water partition coefficient (Wildman–Crippen LogP) is 11.3. The molecule has 45 heavy (non-hydrogen) atoms. The third-order valence-corrected chi connectivity index (χ3v) is 9.32. The van der Waals surface area contributed by atoms with Crippen molar-refractivity contribution in [2.45, 2.75) is 5.41 Å². The summed E-state index contributed by atoms with van der Waals surface area (Å²) in [6, 6.07) is 62.9. The van der Waals surface area contributed by atoms with Gasteiger partial charge in [-0.2, -0.15) is 0 Å². The molecular formula is C43H29NO. The first-order valence-corrected chi connectivity index (χ1v) is 15.4. The summed E-state index contributed by atoms with van der Waals surface area (Å²) < 4.78 is 6.92. The topological polar surface area (TPSA) is 12.5 Å². The van der Waals surface area contributed by atoms with E-state index in [0.717, 1.165) is 34.1 Å². The van der Waals surface area contributed by atoms with Crippen molar-refractivity contribution in [2.24, 2.45) is 0 Å². The van der Waals surface area contributed by atoms with Crippen molar-refractivity contribution >= 4 is 17.1 Å². The molecule has 0 amide bonds. The van der Waals surface area contributed by atoms with Crippen LogP contribution in [-0.4, -0.2) is 0 Å². The van der Waals surface area contributed by atoms with Gasteiger partial charge < -0.3 is 9.64 Å². The molecule has 0 aromatic heterocycles. The molecule has 1 aliphatic carbocycles. The number of hydrogen-bond acceptors (Lipinski definition) is 2. The zero-order chi connectivity index (χ0) is 29.8. The van der Waals surface area contributed by atoms with Gasteiger partial charge in [-0.1, -0.05) is 127 Å². The van der Waals surface area contributed by atoms with E-state index in [-0.39, 0.29) is 0 Å². The number of hydrogen-bond donors (Lipinski definition) is 0. The van der Waals surface area contributed by atoms with Crippen molar-refractivity contribution in [3.05, 3.63) is 198 Å². The van der Waals surface area contributed by atoms with Crippen molar-refractivity contribution in [3.8, 4) is 33.8 Å². The monoisotopic (exact) mass is 575 g/mol. The van der Waals surface area contributed by atoms with Crippen LogP contribution in [0.15, 0.2) is 176 Å². The zero-order valence-corrected chi connectivity index (χ0v) is 24.6. The lowest BCUT2D eigenvalue weighted by molar-refractivity contribution is 0.436. The Morgan fingerprint density at radius 3 is 1.53 bits per heavy atom. The van der Waals surface area contributed by atoms with Gasteiger partial charge in [0.1, 0.15) is 11.5 Å². The molecule has 212 valence electrons. The van der Waals surface area contributed by atoms with E-state index >= 15 is 0 Å². The number of anilines is 3. The van der Waals surface area contributed by atoms with Crippen LogP contribution in [-0.2, 0) is 5.41 Å². The third-order valence-electron chi connectivity index (χ3n) is 9.32. The molecule has 0 saturated carbocycles. The van der Waals surface area contributed by atoms with E-state index in [0.29, 0.717) is 0 Å². The maximum Gasteiger partial charge on any atom is 0.134 e. The highest BCUT2D eigenvalue weighted by Gasteiger charge is 2.51. The van der Waals surface area contributed by atoms with Crippen LogP contribution in [0.25, 0.3) is 22.3 Å². The van der Waals surface area contributed by atoms with Gasteiger partial charge in [0, 0.05) is 34.3 Å². The fourth-order valence-electron chi connectivity index (χ4n) is 7.45. The van der Waals surface area contributed by atoms with Crippen LogP contribution in [0, 0.1) is 0 Å². The lowest BCUT2D eigenvalue weighted by atomic mass is 9.65. The zero-order valence-electron chi connectivity index (χ0n) is 24.6. The molecule has 1 aliphatic heterocycles. The van der Waals surface area contributed by atoms with E-state index in [9.17, 15) is 0 Å². The Kier molecular flexibility index (Phi) is 5.76. The van der Waals surface area contributed by atoms with Crippen molar-refractivity contribution < 1.29 is 4.74 Å². The van der Waals surface area contributed by atoms with Gasteiger partial charge >= 0.3 is 0 Å². The average Bonchev–Trinajstić information content (AvgIpc) is 3.40. The summed E-state index contributed by atoms with van der Waals surface area (Å²) in [4.78, 5) is 2.29. The Morgan fingerprint density at radius 1 is 0.356 bits per heavy atom. The van der Waals surface area contributed by atoms with E-state index in [4.69, 9.17) is 4.74 Å². The first kappa shape index (κ1) is 25.6. The quantitative estimate of drug-likeness (QED) is 0.207. The van der Waals surface area contributed by atoms with E-state index < -0.39 is 5.41 Å². The molecule has 0 unspecified atom stereocenters. The molecule has 2 nitrogen and oxygen atoms in total. The maximum atomic E-state index is 6.92. The molecule has 1 heterocycles. The van der Waals surface area contributed by atoms with Gasteiger partial charge in [-0.05, 0) is 75.8 Å². The summed E-state index contributed by atoms with van der Waals surface area (Å²) in [7, 11) is 0. The highest BCUT2D eigenvalue weighted by molar-refractivity contribution is 5.90. The molecule has 0 atom stereocenters. The van der Waals surface area contributed by atoms with Gasteiger partial charge in [-0.3, -0.25) is 0 Å². The van der Waals surface area contributed by atoms with Crippen LogP contribution in [0.1, 0.15) is 22.3 Å². The molecule has 9 rings (SSSR count). The highest BCUT2D eigenvalue weighted by atomic mass is 16.5. The average molecular weight is 576 g/mol. The van der Waals surface area contributed by atoms with Gasteiger partial charge in [-0.15, -0.1) is 0 Å². The summed E-state index contributed by atoms with van der Waals surface area (Å²) in [5.74, 6) is 1.76. The molecule has 0 saturated heterocycles. The molecule has 0 N–H and O–H groups in total. The van der Waals surface area contributed by atoms with Crippen molar-refractivity contribution in [1.29, 1.82) is 0 Å². The summed E-state index contributed by atoms with van der Waals surface area (Å²) in [5.41, 5.74) is 12.5. The van der Waals surface area contributed by atoms with Gasteiger partial charge in [0.25, 0.3) is 0 Å². The van der Waals surface area contributed by atoms with Gasteiger partial charge in [0.05, 0.1) is 5.41 Å². The van der Waals surface area contributed by atoms with E-state index in [1.807, 2.05) is 0 Å². The number of ether oxygens (including phenoxy) is 1. The standard InChI is InChI=1S/C43H29NO/c1-4-14-30(15-5-1)31-24-27-41-40(28-31)43(37-22-12-10-20-35(37)36-21-11-13-23-38(36)43)39-26-25-34(29-42(39)45-41)44(32-16-6-2-7-17-32)33-18-8-3-9-19-33/h1-29H. The van der Waals surface area contributed by atoms with E-state index in [1.165, 1.54) is 38.9 Å². The second-order valence-corrected chi connectivity index (χ2v) is 11.7. The molecule has 7 aromatic carbocycles. The molecule has 1 spiro atoms. The van der Waals surface area contributed by atoms with Crippen molar-refractivity contribution in [2.75, 3.05) is 4.90 Å². The normalized spacial score (nSPS) is 13.2. The number of benzene rings is 7. The van der Waals surface area contributed by atoms with Crippen LogP contribution < -0.4 is 9.64 Å². The van der Waals surface area contributed by atoms with Gasteiger partial charge in [-0.25, -0.2) is 0 Å². The molecule has 0 radical (unpaired) electrons. The summed E-state index contributed by atoms with van der Waals surface area (Å²) in [6.45, 7) is 0. The van der Waals surface area contributed by atoms with Crippen LogP contribution in [0.5, 0.6) is 11.5 Å². The summed E-state index contributed by atoms with van der Waals surface area (Å²) in [5, 5.41) is 0. The maximum absolute atomic E-state index is 6.92.